The van der Waals surface area contributed by atoms with Crippen LogP contribution in [0.2, 0.25) is 0 Å². The predicted molar refractivity (Wildman–Crippen MR) is 82.8 cm³/mol. The predicted octanol–water partition coefficient (Wildman–Crippen LogP) is 1.53. The molecule has 6 heteroatoms. The fourth-order valence-corrected chi connectivity index (χ4v) is 2.67. The number of Topliss-reactive ketones (excluding diaryl/α,β-unsaturated/α-hetero) is 1. The van der Waals surface area contributed by atoms with Crippen molar-refractivity contribution >= 4 is 11.8 Å². The van der Waals surface area contributed by atoms with Gasteiger partial charge in [-0.1, -0.05) is 6.08 Å². The van der Waals surface area contributed by atoms with Crippen molar-refractivity contribution in [3.8, 4) is 0 Å². The van der Waals surface area contributed by atoms with E-state index in [-0.39, 0.29) is 23.9 Å². The third-order valence-corrected chi connectivity index (χ3v) is 3.68. The lowest BCUT2D eigenvalue weighted by atomic mass is 9.85. The second kappa shape index (κ2) is 6.87. The highest BCUT2D eigenvalue weighted by Crippen LogP contribution is 2.32. The van der Waals surface area contributed by atoms with Gasteiger partial charge < -0.3 is 9.64 Å². The molecule has 0 radical (unpaired) electrons. The molecular formula is C16H23N3O3. The number of carbonyl (C=O) groups is 2. The molecular weight excluding hydrogens is 282 g/mol. The summed E-state index contributed by atoms with van der Waals surface area (Å²) < 4.78 is 6.63. The van der Waals surface area contributed by atoms with Gasteiger partial charge in [0, 0.05) is 19.2 Å². The van der Waals surface area contributed by atoms with E-state index in [9.17, 15) is 9.59 Å². The monoisotopic (exact) mass is 305 g/mol. The summed E-state index contributed by atoms with van der Waals surface area (Å²) in [6, 6.07) is 0. The Morgan fingerprint density at radius 3 is 2.82 bits per heavy atom. The van der Waals surface area contributed by atoms with Gasteiger partial charge in [-0.25, -0.2) is 4.79 Å². The number of esters is 1. The Kier molecular flexibility index (Phi) is 5.13. The molecule has 0 saturated heterocycles. The van der Waals surface area contributed by atoms with E-state index in [1.54, 1.807) is 30.9 Å². The van der Waals surface area contributed by atoms with E-state index >= 15 is 0 Å². The molecule has 1 aliphatic carbocycles. The fourth-order valence-electron chi connectivity index (χ4n) is 2.67. The van der Waals surface area contributed by atoms with Crippen LogP contribution in [-0.2, 0) is 16.6 Å². The number of fused-ring (bicyclic) bond motifs is 1. The number of carbonyl (C=O) groups excluding carboxylic acids is 2. The molecule has 1 aromatic heterocycles. The molecule has 1 atom stereocenters. The quantitative estimate of drug-likeness (QED) is 0.589. The van der Waals surface area contributed by atoms with Crippen LogP contribution in [0.1, 0.15) is 41.7 Å². The summed E-state index contributed by atoms with van der Waals surface area (Å²) in [4.78, 5) is 26.6. The van der Waals surface area contributed by atoms with Crippen molar-refractivity contribution in [2.75, 3.05) is 27.2 Å². The van der Waals surface area contributed by atoms with Crippen molar-refractivity contribution in [2.45, 2.75) is 25.7 Å². The second-order valence-electron chi connectivity index (χ2n) is 5.78. The summed E-state index contributed by atoms with van der Waals surface area (Å²) in [6.45, 7) is 2.94. The van der Waals surface area contributed by atoms with Gasteiger partial charge >= 0.3 is 5.97 Å². The van der Waals surface area contributed by atoms with Crippen molar-refractivity contribution in [1.29, 1.82) is 0 Å². The normalized spacial score (nSPS) is 17.4. The highest BCUT2D eigenvalue weighted by Gasteiger charge is 2.33. The van der Waals surface area contributed by atoms with Gasteiger partial charge in [0.2, 0.25) is 5.78 Å². The smallest absolute Gasteiger partial charge is 0.341 e. The molecule has 120 valence electrons. The molecule has 1 heterocycles. The molecule has 22 heavy (non-hydrogen) atoms. The molecule has 0 bridgehead atoms. The van der Waals surface area contributed by atoms with Crippen LogP contribution in [0.5, 0.6) is 0 Å². The largest absolute Gasteiger partial charge is 0.462 e. The van der Waals surface area contributed by atoms with Gasteiger partial charge in [-0.2, -0.15) is 5.10 Å². The van der Waals surface area contributed by atoms with Gasteiger partial charge in [0.15, 0.2) is 0 Å². The molecule has 0 N–H and O–H groups in total. The zero-order valence-corrected chi connectivity index (χ0v) is 13.6. The topological polar surface area (TPSA) is 64.4 Å². The number of aromatic nitrogens is 2. The Morgan fingerprint density at radius 2 is 2.18 bits per heavy atom. The molecule has 0 spiro atoms. The Labute approximate surface area is 130 Å². The zero-order chi connectivity index (χ0) is 16.3. The van der Waals surface area contributed by atoms with E-state index in [0.717, 1.165) is 25.1 Å². The first-order valence-corrected chi connectivity index (χ1v) is 7.56. The number of ketones is 1. The van der Waals surface area contributed by atoms with Crippen LogP contribution in [-0.4, -0.2) is 53.7 Å². The average Bonchev–Trinajstić information content (AvgIpc) is 2.83. The Morgan fingerprint density at radius 1 is 1.45 bits per heavy atom. The highest BCUT2D eigenvalue weighted by molar-refractivity contribution is 6.25. The maximum atomic E-state index is 12.4. The Bertz CT molecular complexity index is 602. The summed E-state index contributed by atoms with van der Waals surface area (Å²) >= 11 is 0. The standard InChI is InChI=1S/C16H23N3O3/c1-5-22-16(21)12-9-11(7-6-8-18(2)3)14-13(15(12)20)10-19(4)17-14/h9-11H,5-8H2,1-4H3/t11-/m1/s1. The molecule has 0 aliphatic heterocycles. The van der Waals surface area contributed by atoms with E-state index in [1.807, 2.05) is 14.1 Å². The minimum absolute atomic E-state index is 0.0201. The lowest BCUT2D eigenvalue weighted by Gasteiger charge is -2.19. The van der Waals surface area contributed by atoms with E-state index in [2.05, 4.69) is 10.00 Å². The van der Waals surface area contributed by atoms with E-state index in [1.165, 1.54) is 0 Å². The molecule has 0 saturated carbocycles. The number of aryl methyl sites for hydroxylation is 1. The van der Waals surface area contributed by atoms with Crippen LogP contribution < -0.4 is 0 Å². The number of nitrogens with zero attached hydrogens (tertiary/aromatic N) is 3. The summed E-state index contributed by atoms with van der Waals surface area (Å²) in [6.07, 6.45) is 5.22. The van der Waals surface area contributed by atoms with Gasteiger partial charge in [-0.3, -0.25) is 9.48 Å². The molecule has 0 unspecified atom stereocenters. The van der Waals surface area contributed by atoms with Crippen LogP contribution in [0, 0.1) is 0 Å². The van der Waals surface area contributed by atoms with Gasteiger partial charge in [-0.15, -0.1) is 0 Å². The molecule has 0 fully saturated rings. The van der Waals surface area contributed by atoms with Gasteiger partial charge in [0.05, 0.1) is 17.9 Å². The van der Waals surface area contributed by atoms with E-state index < -0.39 is 5.97 Å². The number of allylic oxidation sites excluding steroid dienone is 1. The van der Waals surface area contributed by atoms with Gasteiger partial charge in [0.25, 0.3) is 0 Å². The summed E-state index contributed by atoms with van der Waals surface area (Å²) in [7, 11) is 5.83. The molecule has 1 aromatic rings. The fraction of sp³-hybridized carbons (Fsp3) is 0.562. The highest BCUT2D eigenvalue weighted by atomic mass is 16.5. The van der Waals surface area contributed by atoms with Crippen molar-refractivity contribution in [3.63, 3.8) is 0 Å². The first kappa shape index (κ1) is 16.4. The third kappa shape index (κ3) is 3.44. The van der Waals surface area contributed by atoms with Crippen LogP contribution >= 0.6 is 0 Å². The summed E-state index contributed by atoms with van der Waals surface area (Å²) in [5.41, 5.74) is 1.42. The summed E-state index contributed by atoms with van der Waals surface area (Å²) in [5.74, 6) is -0.849. The molecule has 0 amide bonds. The molecule has 6 nitrogen and oxygen atoms in total. The average molecular weight is 305 g/mol. The van der Waals surface area contributed by atoms with Crippen LogP contribution in [0.15, 0.2) is 17.8 Å². The zero-order valence-electron chi connectivity index (χ0n) is 13.6. The van der Waals surface area contributed by atoms with E-state index in [4.69, 9.17) is 4.74 Å². The number of rotatable bonds is 6. The van der Waals surface area contributed by atoms with Gasteiger partial charge in [-0.05, 0) is 40.4 Å². The number of hydrogen-bond acceptors (Lipinski definition) is 5. The lowest BCUT2D eigenvalue weighted by Crippen LogP contribution is -2.23. The molecule has 1 aliphatic rings. The maximum absolute atomic E-state index is 12.4. The van der Waals surface area contributed by atoms with Gasteiger partial charge in [0.1, 0.15) is 5.57 Å². The van der Waals surface area contributed by atoms with Crippen molar-refractivity contribution in [1.82, 2.24) is 14.7 Å². The van der Waals surface area contributed by atoms with E-state index in [0.29, 0.717) is 5.56 Å². The van der Waals surface area contributed by atoms with Crippen LogP contribution in [0.3, 0.4) is 0 Å². The summed E-state index contributed by atoms with van der Waals surface area (Å²) in [5, 5.41) is 4.41. The first-order chi connectivity index (χ1) is 10.4. The number of ether oxygens (including phenoxy) is 1. The number of hydrogen-bond donors (Lipinski definition) is 0. The maximum Gasteiger partial charge on any atom is 0.341 e. The van der Waals surface area contributed by atoms with Crippen LogP contribution in [0.4, 0.5) is 0 Å². The van der Waals surface area contributed by atoms with Crippen molar-refractivity contribution in [2.24, 2.45) is 7.05 Å². The van der Waals surface area contributed by atoms with Crippen LogP contribution in [0.25, 0.3) is 0 Å². The third-order valence-electron chi connectivity index (χ3n) is 3.68. The second-order valence-corrected chi connectivity index (χ2v) is 5.78. The minimum Gasteiger partial charge on any atom is -0.462 e. The molecule has 2 rings (SSSR count). The van der Waals surface area contributed by atoms with Crippen molar-refractivity contribution < 1.29 is 14.3 Å². The Balaban J connectivity index is 2.27. The van der Waals surface area contributed by atoms with Crippen molar-refractivity contribution in [3.05, 3.63) is 29.1 Å². The lowest BCUT2D eigenvalue weighted by molar-refractivity contribution is -0.138. The SMILES string of the molecule is CCOC(=O)C1=C[C@@H](CCCN(C)C)c2nn(C)cc2C1=O. The first-order valence-electron chi connectivity index (χ1n) is 7.56. The molecule has 0 aromatic carbocycles. The Hall–Kier alpha value is -1.95. The minimum atomic E-state index is -0.542.